The lowest BCUT2D eigenvalue weighted by Gasteiger charge is -2.43. The molecule has 0 saturated carbocycles. The van der Waals surface area contributed by atoms with Crippen LogP contribution in [0, 0.1) is 6.92 Å². The Bertz CT molecular complexity index is 784. The molecule has 1 aromatic rings. The van der Waals surface area contributed by atoms with E-state index >= 15 is 0 Å². The van der Waals surface area contributed by atoms with Gasteiger partial charge in [0.2, 0.25) is 5.91 Å². The van der Waals surface area contributed by atoms with Gasteiger partial charge in [-0.2, -0.15) is 0 Å². The molecule has 2 saturated heterocycles. The molecule has 0 aromatic heterocycles. The molecule has 0 bridgehead atoms. The number of aliphatic carboxylic acids is 1. The monoisotopic (exact) mass is 398 g/mol. The number of β-lactam (4-membered cyclic amide) rings is 1. The number of hydrogen-bond donors (Lipinski definition) is 2. The van der Waals surface area contributed by atoms with Crippen molar-refractivity contribution in [2.75, 3.05) is 6.61 Å². The summed E-state index contributed by atoms with van der Waals surface area (Å²) in [5, 5.41) is 12.3. The summed E-state index contributed by atoms with van der Waals surface area (Å²) in [6, 6.07) is 3.43. The standard InChI is InChI=1S/C17H19ClN2O5S/c1-8-6-9(4-5-10(8)18)25-7-11(21)19-12-14(22)20-13(16(23)24)17(2,3)26-15(12)20/h4-6,12-13,15H,7H2,1-3H3,(H,19,21)(H,23,24)/t12-,13+,15-/m1/s1. The molecular formula is C17H19ClN2O5S. The Balaban J connectivity index is 1.58. The van der Waals surface area contributed by atoms with E-state index in [4.69, 9.17) is 16.3 Å². The zero-order valence-electron chi connectivity index (χ0n) is 14.5. The number of nitrogens with zero attached hydrogens (tertiary/aromatic N) is 1. The number of carbonyl (C=O) groups is 3. The van der Waals surface area contributed by atoms with Crippen molar-refractivity contribution in [3.63, 3.8) is 0 Å². The zero-order chi connectivity index (χ0) is 19.2. The summed E-state index contributed by atoms with van der Waals surface area (Å²) in [5.41, 5.74) is 0.832. The molecule has 0 radical (unpaired) electrons. The predicted octanol–water partition coefficient (Wildman–Crippen LogP) is 1.66. The van der Waals surface area contributed by atoms with Gasteiger partial charge in [-0.15, -0.1) is 11.8 Å². The van der Waals surface area contributed by atoms with Gasteiger partial charge in [0.1, 0.15) is 23.2 Å². The van der Waals surface area contributed by atoms with Crippen LogP contribution >= 0.6 is 23.4 Å². The molecular weight excluding hydrogens is 380 g/mol. The van der Waals surface area contributed by atoms with Gasteiger partial charge in [0.15, 0.2) is 6.61 Å². The molecule has 2 fully saturated rings. The van der Waals surface area contributed by atoms with Gasteiger partial charge in [0.05, 0.1) is 0 Å². The van der Waals surface area contributed by atoms with E-state index in [9.17, 15) is 19.5 Å². The van der Waals surface area contributed by atoms with E-state index in [2.05, 4.69) is 5.32 Å². The number of halogens is 1. The third-order valence-corrected chi connectivity index (χ3v) is 6.49. The lowest BCUT2D eigenvalue weighted by molar-refractivity contribution is -0.161. The van der Waals surface area contributed by atoms with Crippen LogP contribution in [-0.4, -0.2) is 56.6 Å². The second kappa shape index (κ2) is 6.66. The first-order chi connectivity index (χ1) is 12.1. The molecule has 2 N–H and O–H groups in total. The van der Waals surface area contributed by atoms with Crippen molar-refractivity contribution in [2.24, 2.45) is 0 Å². The van der Waals surface area contributed by atoms with Crippen molar-refractivity contribution in [3.8, 4) is 5.75 Å². The molecule has 9 heteroatoms. The van der Waals surface area contributed by atoms with Crippen LogP contribution in [0.4, 0.5) is 0 Å². The quantitative estimate of drug-likeness (QED) is 0.732. The molecule has 3 rings (SSSR count). The fraction of sp³-hybridized carbons (Fsp3) is 0.471. The Morgan fingerprint density at radius 2 is 2.12 bits per heavy atom. The highest BCUT2D eigenvalue weighted by atomic mass is 35.5. The first-order valence-electron chi connectivity index (χ1n) is 8.03. The third kappa shape index (κ3) is 3.23. The molecule has 2 aliphatic heterocycles. The van der Waals surface area contributed by atoms with Gasteiger partial charge in [0, 0.05) is 9.77 Å². The summed E-state index contributed by atoms with van der Waals surface area (Å²) < 4.78 is 4.80. The van der Waals surface area contributed by atoms with E-state index in [1.54, 1.807) is 32.0 Å². The number of nitrogens with one attached hydrogen (secondary N) is 1. The smallest absolute Gasteiger partial charge is 0.327 e. The van der Waals surface area contributed by atoms with Crippen LogP contribution < -0.4 is 10.1 Å². The van der Waals surface area contributed by atoms with Crippen molar-refractivity contribution in [3.05, 3.63) is 28.8 Å². The summed E-state index contributed by atoms with van der Waals surface area (Å²) in [5.74, 6) is -1.35. The second-order valence-electron chi connectivity index (χ2n) is 6.84. The Morgan fingerprint density at radius 1 is 1.42 bits per heavy atom. The number of amides is 2. The van der Waals surface area contributed by atoms with Crippen molar-refractivity contribution >= 4 is 41.1 Å². The minimum Gasteiger partial charge on any atom is -0.484 e. The van der Waals surface area contributed by atoms with E-state index in [1.165, 1.54) is 16.7 Å². The third-order valence-electron chi connectivity index (χ3n) is 4.49. The van der Waals surface area contributed by atoms with E-state index < -0.39 is 28.7 Å². The van der Waals surface area contributed by atoms with Gasteiger partial charge in [-0.1, -0.05) is 11.6 Å². The van der Waals surface area contributed by atoms with Crippen LogP contribution in [0.3, 0.4) is 0 Å². The molecule has 1 aromatic carbocycles. The van der Waals surface area contributed by atoms with Crippen molar-refractivity contribution in [2.45, 2.75) is 43.0 Å². The topological polar surface area (TPSA) is 95.9 Å². The Morgan fingerprint density at radius 3 is 2.73 bits per heavy atom. The summed E-state index contributed by atoms with van der Waals surface area (Å²) in [6.07, 6.45) is 0. The molecule has 0 aliphatic carbocycles. The predicted molar refractivity (Wildman–Crippen MR) is 97.3 cm³/mol. The summed E-state index contributed by atoms with van der Waals surface area (Å²) in [4.78, 5) is 37.2. The molecule has 140 valence electrons. The summed E-state index contributed by atoms with van der Waals surface area (Å²) >= 11 is 7.32. The molecule has 0 spiro atoms. The number of thioether (sulfide) groups is 1. The van der Waals surface area contributed by atoms with Gasteiger partial charge >= 0.3 is 5.97 Å². The number of fused-ring (bicyclic) bond motifs is 1. The summed E-state index contributed by atoms with van der Waals surface area (Å²) in [7, 11) is 0. The maximum absolute atomic E-state index is 12.3. The van der Waals surface area contributed by atoms with E-state index in [0.717, 1.165) is 5.56 Å². The number of carbonyl (C=O) groups excluding carboxylic acids is 2. The molecule has 0 unspecified atom stereocenters. The Labute approximate surface area is 160 Å². The van der Waals surface area contributed by atoms with Crippen LogP contribution in [0.1, 0.15) is 19.4 Å². The minimum absolute atomic E-state index is 0.242. The summed E-state index contributed by atoms with van der Waals surface area (Å²) in [6.45, 7) is 5.16. The van der Waals surface area contributed by atoms with E-state index in [1.807, 2.05) is 6.92 Å². The maximum atomic E-state index is 12.3. The lowest BCUT2D eigenvalue weighted by Crippen LogP contribution is -2.70. The van der Waals surface area contributed by atoms with Crippen LogP contribution in [0.25, 0.3) is 0 Å². The number of carboxylic acids is 1. The average molecular weight is 399 g/mol. The van der Waals surface area contributed by atoms with Crippen LogP contribution in [0.15, 0.2) is 18.2 Å². The number of carboxylic acid groups (broad SMARTS) is 1. The van der Waals surface area contributed by atoms with Gasteiger partial charge in [-0.3, -0.25) is 9.59 Å². The van der Waals surface area contributed by atoms with Crippen molar-refractivity contribution in [1.82, 2.24) is 10.2 Å². The molecule has 2 amide bonds. The number of rotatable bonds is 5. The minimum atomic E-state index is -1.04. The molecule has 2 heterocycles. The Kier molecular flexibility index (Phi) is 4.83. The molecule has 3 atom stereocenters. The van der Waals surface area contributed by atoms with Crippen LogP contribution in [-0.2, 0) is 14.4 Å². The fourth-order valence-electron chi connectivity index (χ4n) is 3.22. The highest BCUT2D eigenvalue weighted by Gasteiger charge is 2.64. The van der Waals surface area contributed by atoms with E-state index in [0.29, 0.717) is 10.8 Å². The Hall–Kier alpha value is -1.93. The van der Waals surface area contributed by atoms with Gasteiger partial charge in [-0.05, 0) is 44.5 Å². The van der Waals surface area contributed by atoms with Gasteiger partial charge in [0.25, 0.3) is 5.91 Å². The largest absolute Gasteiger partial charge is 0.484 e. The van der Waals surface area contributed by atoms with Crippen LogP contribution in [0.2, 0.25) is 5.02 Å². The first-order valence-corrected chi connectivity index (χ1v) is 9.28. The molecule has 2 aliphatic rings. The number of ether oxygens (including phenoxy) is 1. The van der Waals surface area contributed by atoms with Gasteiger partial charge < -0.3 is 20.1 Å². The SMILES string of the molecule is Cc1cc(OCC(=O)N[C@@H]2C(=O)N3[C@@H]2SC(C)(C)[C@@H]3C(=O)O)ccc1Cl. The lowest BCUT2D eigenvalue weighted by atomic mass is 9.96. The van der Waals surface area contributed by atoms with Crippen molar-refractivity contribution < 1.29 is 24.2 Å². The fourth-order valence-corrected chi connectivity index (χ4v) is 4.96. The average Bonchev–Trinajstić information content (AvgIpc) is 2.82. The number of hydrogen-bond acceptors (Lipinski definition) is 5. The highest BCUT2D eigenvalue weighted by Crippen LogP contribution is 2.50. The number of aryl methyl sites for hydroxylation is 1. The van der Waals surface area contributed by atoms with Gasteiger partial charge in [-0.25, -0.2) is 4.79 Å². The highest BCUT2D eigenvalue weighted by molar-refractivity contribution is 8.01. The first kappa shape index (κ1) is 18.8. The normalized spacial score (nSPS) is 26.1. The maximum Gasteiger partial charge on any atom is 0.327 e. The number of benzene rings is 1. The second-order valence-corrected chi connectivity index (χ2v) is 9.02. The van der Waals surface area contributed by atoms with Crippen molar-refractivity contribution in [1.29, 1.82) is 0 Å². The molecule has 7 nitrogen and oxygen atoms in total. The van der Waals surface area contributed by atoms with E-state index in [-0.39, 0.29) is 17.9 Å². The zero-order valence-corrected chi connectivity index (χ0v) is 16.1. The molecule has 26 heavy (non-hydrogen) atoms. The van der Waals surface area contributed by atoms with Crippen LogP contribution in [0.5, 0.6) is 5.75 Å².